The van der Waals surface area contributed by atoms with Crippen LogP contribution in [0.3, 0.4) is 0 Å². The molecule has 1 fully saturated rings. The first kappa shape index (κ1) is 24.0. The van der Waals surface area contributed by atoms with Crippen LogP contribution in [-0.4, -0.2) is 74.9 Å². The van der Waals surface area contributed by atoms with E-state index >= 15 is 0 Å². The molecule has 13 heteroatoms. The second-order valence-electron chi connectivity index (χ2n) is 7.46. The fourth-order valence-electron chi connectivity index (χ4n) is 3.65. The van der Waals surface area contributed by atoms with Gasteiger partial charge in [0.25, 0.3) is 15.9 Å². The number of pyridine rings is 1. The lowest BCUT2D eigenvalue weighted by Crippen LogP contribution is -2.50. The van der Waals surface area contributed by atoms with Crippen LogP contribution >= 0.6 is 24.0 Å². The van der Waals surface area contributed by atoms with Gasteiger partial charge in [0.1, 0.15) is 5.03 Å². The van der Waals surface area contributed by atoms with E-state index in [4.69, 9.17) is 11.6 Å². The van der Waals surface area contributed by atoms with Crippen LogP contribution in [0.25, 0.3) is 22.3 Å². The van der Waals surface area contributed by atoms with E-state index in [1.807, 2.05) is 0 Å². The Morgan fingerprint density at radius 2 is 1.74 bits per heavy atom. The number of halogens is 2. The first-order valence-electron chi connectivity index (χ1n) is 10.1. The first-order chi connectivity index (χ1) is 15.9. The Bertz CT molecular complexity index is 1420. The minimum Gasteiger partial charge on any atom is -0.345 e. The number of sulfonamides is 1. The highest BCUT2D eigenvalue weighted by Crippen LogP contribution is 2.25. The zero-order valence-corrected chi connectivity index (χ0v) is 20.0. The van der Waals surface area contributed by atoms with Gasteiger partial charge in [-0.1, -0.05) is 11.6 Å². The standard InChI is InChI=1S/C21H18ClN7O3S.ClH/c22-16-1-2-17-15(11-16)12-19(25-17)33(31,32)29-9-7-28(8-10-29)21(30)18-13-24-20(27-26-18)14-3-5-23-6-4-14;/h1-6,11-13,25H,7-10H2;1H. The van der Waals surface area contributed by atoms with Gasteiger partial charge in [-0.2, -0.15) is 4.31 Å². The van der Waals surface area contributed by atoms with E-state index in [1.165, 1.54) is 10.5 Å². The fraction of sp³-hybridized carbons (Fsp3) is 0.190. The number of H-pyrrole nitrogens is 1. The second-order valence-corrected chi connectivity index (χ2v) is 9.81. The summed E-state index contributed by atoms with van der Waals surface area (Å²) in [4.78, 5) is 25.5. The fourth-order valence-corrected chi connectivity index (χ4v) is 5.27. The van der Waals surface area contributed by atoms with Crippen molar-refractivity contribution in [3.05, 3.63) is 65.7 Å². The van der Waals surface area contributed by atoms with E-state index in [9.17, 15) is 13.2 Å². The summed E-state index contributed by atoms with van der Waals surface area (Å²) >= 11 is 6.00. The van der Waals surface area contributed by atoms with Gasteiger partial charge in [0, 0.05) is 60.1 Å². The topological polar surface area (TPSA) is 125 Å². The SMILES string of the molecule is Cl.O=C(c1cnc(-c2ccncc2)nn1)N1CCN(S(=O)(=O)c2cc3cc(Cl)ccc3[nH]2)CC1. The molecule has 1 N–H and O–H groups in total. The van der Waals surface area contributed by atoms with Crippen molar-refractivity contribution in [2.45, 2.75) is 5.03 Å². The summed E-state index contributed by atoms with van der Waals surface area (Å²) in [5, 5.41) is 9.38. The number of amides is 1. The number of aromatic amines is 1. The number of benzene rings is 1. The van der Waals surface area contributed by atoms with Gasteiger partial charge in [-0.05, 0) is 36.4 Å². The molecule has 4 heterocycles. The highest BCUT2D eigenvalue weighted by atomic mass is 35.5. The molecule has 0 spiro atoms. The van der Waals surface area contributed by atoms with Crippen LogP contribution in [0.1, 0.15) is 10.5 Å². The van der Waals surface area contributed by atoms with Crippen LogP contribution in [0.5, 0.6) is 0 Å². The maximum absolute atomic E-state index is 13.1. The van der Waals surface area contributed by atoms with Crippen molar-refractivity contribution >= 4 is 50.8 Å². The molecular weight excluding hydrogens is 501 g/mol. The highest BCUT2D eigenvalue weighted by Gasteiger charge is 2.32. The average Bonchev–Trinajstić information content (AvgIpc) is 3.28. The number of hydrogen-bond donors (Lipinski definition) is 1. The van der Waals surface area contributed by atoms with Crippen molar-refractivity contribution in [2.75, 3.05) is 26.2 Å². The van der Waals surface area contributed by atoms with Gasteiger partial charge in [0.05, 0.1) is 6.20 Å². The third kappa shape index (κ3) is 4.60. The molecule has 0 saturated carbocycles. The zero-order valence-electron chi connectivity index (χ0n) is 17.6. The molecule has 0 unspecified atom stereocenters. The summed E-state index contributed by atoms with van der Waals surface area (Å²) in [6.45, 7) is 0.802. The summed E-state index contributed by atoms with van der Waals surface area (Å²) in [5.41, 5.74) is 1.54. The molecule has 10 nitrogen and oxygen atoms in total. The Kier molecular flexibility index (Phi) is 6.80. The number of nitrogens with zero attached hydrogens (tertiary/aromatic N) is 6. The number of hydrogen-bond acceptors (Lipinski definition) is 7. The number of carbonyl (C=O) groups excluding carboxylic acids is 1. The molecule has 0 radical (unpaired) electrons. The molecule has 4 aromatic rings. The molecule has 1 aliphatic heterocycles. The largest absolute Gasteiger partial charge is 0.345 e. The van der Waals surface area contributed by atoms with E-state index in [-0.39, 0.29) is 55.2 Å². The molecule has 1 aromatic carbocycles. The van der Waals surface area contributed by atoms with Crippen molar-refractivity contribution in [3.8, 4) is 11.4 Å². The minimum absolute atomic E-state index is 0. The lowest BCUT2D eigenvalue weighted by molar-refractivity contribution is 0.0690. The minimum atomic E-state index is -3.74. The van der Waals surface area contributed by atoms with Crippen LogP contribution in [0.2, 0.25) is 5.02 Å². The summed E-state index contributed by atoms with van der Waals surface area (Å²) < 4.78 is 27.5. The zero-order chi connectivity index (χ0) is 23.0. The van der Waals surface area contributed by atoms with Crippen molar-refractivity contribution in [2.24, 2.45) is 0 Å². The highest BCUT2D eigenvalue weighted by molar-refractivity contribution is 7.89. The van der Waals surface area contributed by atoms with Crippen molar-refractivity contribution in [1.82, 2.24) is 34.4 Å². The Morgan fingerprint density at radius 1 is 1.00 bits per heavy atom. The van der Waals surface area contributed by atoms with Crippen molar-refractivity contribution < 1.29 is 13.2 Å². The monoisotopic (exact) mass is 519 g/mol. The molecule has 1 aliphatic rings. The molecule has 0 atom stereocenters. The predicted octanol–water partition coefficient (Wildman–Crippen LogP) is 2.64. The van der Waals surface area contributed by atoms with Crippen LogP contribution < -0.4 is 0 Å². The van der Waals surface area contributed by atoms with Crippen LogP contribution in [-0.2, 0) is 10.0 Å². The molecule has 0 aliphatic carbocycles. The molecule has 1 saturated heterocycles. The van der Waals surface area contributed by atoms with Gasteiger partial charge in [0.2, 0.25) is 0 Å². The number of piperazine rings is 1. The molecule has 0 bridgehead atoms. The maximum atomic E-state index is 13.1. The number of fused-ring (bicyclic) bond motifs is 1. The second kappa shape index (κ2) is 9.63. The number of carbonyl (C=O) groups is 1. The summed E-state index contributed by atoms with van der Waals surface area (Å²) in [5.74, 6) is 0.0538. The third-order valence-electron chi connectivity index (χ3n) is 5.42. The summed E-state index contributed by atoms with van der Waals surface area (Å²) in [6, 6.07) is 10.2. The maximum Gasteiger partial charge on any atom is 0.276 e. The van der Waals surface area contributed by atoms with Gasteiger partial charge >= 0.3 is 0 Å². The Morgan fingerprint density at radius 3 is 2.41 bits per heavy atom. The lowest BCUT2D eigenvalue weighted by Gasteiger charge is -2.33. The van der Waals surface area contributed by atoms with E-state index in [0.717, 1.165) is 10.9 Å². The molecule has 3 aromatic heterocycles. The molecule has 5 rings (SSSR count). The van der Waals surface area contributed by atoms with Gasteiger partial charge < -0.3 is 9.88 Å². The Balaban J connectivity index is 0.00000274. The van der Waals surface area contributed by atoms with Gasteiger partial charge in [0.15, 0.2) is 11.5 Å². The van der Waals surface area contributed by atoms with E-state index in [1.54, 1.807) is 53.7 Å². The first-order valence-corrected chi connectivity index (χ1v) is 11.9. The van der Waals surface area contributed by atoms with Crippen molar-refractivity contribution in [3.63, 3.8) is 0 Å². The van der Waals surface area contributed by atoms with Crippen LogP contribution in [0.4, 0.5) is 0 Å². The predicted molar refractivity (Wildman–Crippen MR) is 128 cm³/mol. The Hall–Kier alpha value is -3.12. The number of nitrogens with one attached hydrogen (secondary N) is 1. The molecule has 1 amide bonds. The van der Waals surface area contributed by atoms with Crippen molar-refractivity contribution in [1.29, 1.82) is 0 Å². The van der Waals surface area contributed by atoms with Gasteiger partial charge in [-0.15, -0.1) is 22.6 Å². The van der Waals surface area contributed by atoms with Gasteiger partial charge in [-0.3, -0.25) is 9.78 Å². The normalized spacial score (nSPS) is 14.7. The smallest absolute Gasteiger partial charge is 0.276 e. The quantitative estimate of drug-likeness (QED) is 0.439. The summed E-state index contributed by atoms with van der Waals surface area (Å²) in [6.07, 6.45) is 4.62. The third-order valence-corrected chi connectivity index (χ3v) is 7.48. The van der Waals surface area contributed by atoms with E-state index in [2.05, 4.69) is 25.1 Å². The molecule has 176 valence electrons. The molecule has 34 heavy (non-hydrogen) atoms. The van der Waals surface area contributed by atoms with Gasteiger partial charge in [-0.25, -0.2) is 13.4 Å². The van der Waals surface area contributed by atoms with Crippen LogP contribution in [0, 0.1) is 0 Å². The lowest BCUT2D eigenvalue weighted by atomic mass is 10.2. The average molecular weight is 520 g/mol. The van der Waals surface area contributed by atoms with E-state index < -0.39 is 10.0 Å². The number of rotatable bonds is 4. The summed E-state index contributed by atoms with van der Waals surface area (Å²) in [7, 11) is -3.74. The Labute approximate surface area is 206 Å². The molecular formula is C21H19Cl2N7O3S. The number of aromatic nitrogens is 5. The van der Waals surface area contributed by atoms with E-state index in [0.29, 0.717) is 16.4 Å². The van der Waals surface area contributed by atoms with Crippen LogP contribution in [0.15, 0.2) is 60.0 Å².